The molecule has 1 aliphatic carbocycles. The first-order valence-electron chi connectivity index (χ1n) is 54.3. The van der Waals surface area contributed by atoms with Crippen molar-refractivity contribution in [2.75, 3.05) is 19.6 Å². The van der Waals surface area contributed by atoms with Gasteiger partial charge in [0, 0.05) is 103 Å². The van der Waals surface area contributed by atoms with Gasteiger partial charge in [-0.05, 0) is 266 Å². The van der Waals surface area contributed by atoms with Crippen molar-refractivity contribution < 1.29 is 0 Å². The second kappa shape index (κ2) is 54.5. The summed E-state index contributed by atoms with van der Waals surface area (Å²) in [4.78, 5) is 0. The van der Waals surface area contributed by atoms with Crippen LogP contribution in [0, 0.1) is 34.6 Å². The van der Waals surface area contributed by atoms with Crippen molar-refractivity contribution in [3.8, 4) is 0 Å². The summed E-state index contributed by atoms with van der Waals surface area (Å²) in [6, 6.07) is 172. The average Bonchev–Trinajstić information content (AvgIpc) is 1.55. The maximum Gasteiger partial charge on any atom is 0.0324 e. The molecular weight excluding hydrogens is 1910 g/mol. The second-order valence-electron chi connectivity index (χ2n) is 40.1. The van der Waals surface area contributed by atoms with Gasteiger partial charge in [0.1, 0.15) is 0 Å². The van der Waals surface area contributed by atoms with Gasteiger partial charge in [0.05, 0.1) is 0 Å². The standard InChI is InChI=1S/2C34H39NP2.C33H35NP2.C33H37NP2/c1-4-5-26-35(36(31-22-14-12-16-27(31)2)32-23-15-13-17-28(32)3)37-33(29-18-8-6-9-19-29)24-25-34(37)30-20-10-7-11-21-30;1-4-5-24-35(36(31-20-12-14-27(2)25-31)32-21-13-15-28(3)26-32)37-33(29-16-8-6-9-17-29)22-23-34(37)30-18-10-7-11-19-30;1-5-15-27(16-6-1)32-25-26-33(28-17-7-2-8-18-28)36(32)34(29-19-13-14-20-29)35(30-21-9-3-10-22-30)31-23-11-4-12-24-31;1-3-4-26-34(35(30-21-12-7-13-22-30)31-23-15-14-16-27(31)2)36-32(28-17-8-5-9-18-28)24-25-33(36)29-19-10-6-11-20-29/h6-23,33-34H,4-5,24-26H2,1-3H3;6-21,25-26,33-34H,4-5,22-24H2,1-3H3;1-12,15-18,21-24,29,32-33H,13-14,19-20,25-26H2;5-23,32-33H,3-4,24-26H2,1-2H3/t2*33-,34-;32-,33-;32-,33-,35?/m0000/s1. The van der Waals surface area contributed by atoms with E-state index in [1.165, 1.54) is 219 Å². The molecule has 0 bridgehead atoms. The van der Waals surface area contributed by atoms with Gasteiger partial charge in [-0.25, -0.2) is 4.44 Å². The fourth-order valence-electron chi connectivity index (χ4n) is 23.0. The van der Waals surface area contributed by atoms with E-state index in [1.807, 2.05) is 0 Å². The van der Waals surface area contributed by atoms with Gasteiger partial charge in [0.25, 0.3) is 0 Å². The van der Waals surface area contributed by atoms with E-state index in [0.29, 0.717) is 51.3 Å². The second-order valence-corrected chi connectivity index (χ2v) is 59.7. The third-order valence-electron chi connectivity index (χ3n) is 30.1. The first-order chi connectivity index (χ1) is 72.0. The van der Waals surface area contributed by atoms with Crippen molar-refractivity contribution in [2.24, 2.45) is 0 Å². The lowest BCUT2D eigenvalue weighted by Gasteiger charge is -2.46. The number of hydrogen-bond donors (Lipinski definition) is 0. The third kappa shape index (κ3) is 26.3. The quantitative estimate of drug-likeness (QED) is 0.0373. The van der Waals surface area contributed by atoms with Crippen LogP contribution >= 0.6 is 64.6 Å². The number of benzene rings is 16. The van der Waals surface area contributed by atoms with Gasteiger partial charge in [-0.2, -0.15) is 0 Å². The van der Waals surface area contributed by atoms with Crippen LogP contribution < -0.4 is 42.4 Å². The van der Waals surface area contributed by atoms with Crippen molar-refractivity contribution >= 4 is 107 Å². The summed E-state index contributed by atoms with van der Waals surface area (Å²) in [6.45, 7) is 21.9. The van der Waals surface area contributed by atoms with Gasteiger partial charge < -0.3 is 0 Å². The largest absolute Gasteiger partial charge is 0.251 e. The summed E-state index contributed by atoms with van der Waals surface area (Å²) in [7, 11) is -4.28. The Bertz CT molecular complexity index is 6240. The van der Waals surface area contributed by atoms with Gasteiger partial charge in [-0.1, -0.05) is 507 Å². The SMILES string of the molecule is CCCCN(P(c1cccc(C)c1)c1cccc(C)c1)P1[C@H](c2ccccc2)CC[C@H]1c1ccccc1.CCCCN(P(c1ccccc1)c1ccccc1C)P1[C@H](c2ccccc2)CC[C@H]1c1ccccc1.CCCCN(P(c1ccccc1C)c1ccccc1C)P1[C@H](c2ccccc2)CC[C@H]1c1ccccc1.c1ccc([C@@H]2CC[C@@H](c3ccccc3)P2N(C2CCCC2)P(c2ccccc2)c2ccccc2)cc1. The molecule has 4 heterocycles. The molecule has 0 amide bonds. The van der Waals surface area contributed by atoms with E-state index in [-0.39, 0.29) is 0 Å². The lowest BCUT2D eigenvalue weighted by atomic mass is 10.0. The number of unbranched alkanes of at least 4 members (excludes halogenated alkanes) is 3. The van der Waals surface area contributed by atoms with E-state index in [0.717, 1.165) is 19.6 Å². The van der Waals surface area contributed by atoms with Crippen LogP contribution in [0.2, 0.25) is 0 Å². The molecule has 0 N–H and O–H groups in total. The van der Waals surface area contributed by atoms with Crippen molar-refractivity contribution in [1.29, 1.82) is 0 Å². The Morgan fingerprint density at radius 2 is 0.418 bits per heavy atom. The summed E-state index contributed by atoms with van der Waals surface area (Å²) in [6.07, 6.45) is 22.9. The van der Waals surface area contributed by atoms with Crippen LogP contribution in [0.25, 0.3) is 0 Å². The van der Waals surface area contributed by atoms with Crippen LogP contribution in [0.5, 0.6) is 0 Å². The van der Waals surface area contributed by atoms with E-state index in [4.69, 9.17) is 0 Å². The van der Waals surface area contributed by atoms with Crippen LogP contribution in [-0.4, -0.2) is 43.4 Å². The highest BCUT2D eigenvalue weighted by molar-refractivity contribution is 7.81. The van der Waals surface area contributed by atoms with Crippen LogP contribution in [0.15, 0.2) is 455 Å². The zero-order valence-corrected chi connectivity index (χ0v) is 94.4. The van der Waals surface area contributed by atoms with Crippen molar-refractivity contribution in [3.05, 3.63) is 527 Å². The lowest BCUT2D eigenvalue weighted by molar-refractivity contribution is 0.499. The first kappa shape index (κ1) is 107. The monoisotopic (exact) mass is 2060 g/mol. The maximum atomic E-state index is 3.13. The third-order valence-corrected chi connectivity index (χ3v) is 56.8. The Balaban J connectivity index is 0.000000128. The molecule has 16 aromatic carbocycles. The number of hydrogen-bond acceptors (Lipinski definition) is 4. The zero-order valence-electron chi connectivity index (χ0n) is 87.2. The van der Waals surface area contributed by atoms with E-state index < -0.39 is 64.6 Å². The Labute approximate surface area is 887 Å². The highest BCUT2D eigenvalue weighted by Gasteiger charge is 2.51. The molecule has 16 aromatic rings. The molecule has 21 rings (SSSR count). The maximum absolute atomic E-state index is 3.13. The Morgan fingerprint density at radius 1 is 0.205 bits per heavy atom. The van der Waals surface area contributed by atoms with Gasteiger partial charge in [-0.15, -0.1) is 0 Å². The van der Waals surface area contributed by atoms with E-state index in [1.54, 1.807) is 11.1 Å². The minimum absolute atomic E-state index is 0.423. The molecule has 1 unspecified atom stereocenters. The Kier molecular flexibility index (Phi) is 39.8. The van der Waals surface area contributed by atoms with E-state index in [2.05, 4.69) is 528 Å². The van der Waals surface area contributed by atoms with E-state index in [9.17, 15) is 0 Å². The molecule has 0 spiro atoms. The zero-order chi connectivity index (χ0) is 100. The van der Waals surface area contributed by atoms with Crippen LogP contribution in [0.1, 0.15) is 254 Å². The molecule has 5 fully saturated rings. The molecule has 4 aliphatic heterocycles. The average molecular weight is 2060 g/mol. The highest BCUT2D eigenvalue weighted by Crippen LogP contribution is 2.81. The lowest BCUT2D eigenvalue weighted by Crippen LogP contribution is -2.33. The van der Waals surface area contributed by atoms with Crippen LogP contribution in [0.3, 0.4) is 0 Å². The fraction of sp³-hybridized carbons (Fsp3) is 0.284. The number of rotatable bonds is 34. The summed E-state index contributed by atoms with van der Waals surface area (Å²) in [5, 5.41) is 12.0. The topological polar surface area (TPSA) is 13.0 Å². The van der Waals surface area contributed by atoms with Crippen LogP contribution in [-0.2, 0) is 0 Å². The van der Waals surface area contributed by atoms with Gasteiger partial charge >= 0.3 is 0 Å². The molecule has 146 heavy (non-hydrogen) atoms. The molecule has 746 valence electrons. The summed E-state index contributed by atoms with van der Waals surface area (Å²) < 4.78 is 12.2. The normalized spacial score (nSPS) is 19.0. The molecule has 4 nitrogen and oxygen atoms in total. The predicted molar refractivity (Wildman–Crippen MR) is 647 cm³/mol. The Morgan fingerprint density at radius 3 is 0.671 bits per heavy atom. The van der Waals surface area contributed by atoms with Crippen LogP contribution in [0.4, 0.5) is 0 Å². The van der Waals surface area contributed by atoms with Gasteiger partial charge in [-0.3, -0.25) is 13.3 Å². The van der Waals surface area contributed by atoms with Gasteiger partial charge in [0.2, 0.25) is 0 Å². The predicted octanol–water partition coefficient (Wildman–Crippen LogP) is 36.9. The van der Waals surface area contributed by atoms with Crippen molar-refractivity contribution in [3.63, 3.8) is 0 Å². The molecule has 12 heteroatoms. The molecule has 1 saturated carbocycles. The molecule has 9 atom stereocenters. The smallest absolute Gasteiger partial charge is 0.0324 e. The minimum atomic E-state index is -0.650. The molecule has 5 aliphatic rings. The van der Waals surface area contributed by atoms with Gasteiger partial charge in [0.15, 0.2) is 0 Å². The molecule has 0 aromatic heterocycles. The summed E-state index contributed by atoms with van der Waals surface area (Å²) in [5.74, 6) is 0. The Hall–Kier alpha value is -9.20. The fourth-order valence-corrected chi connectivity index (χ4v) is 54.0. The van der Waals surface area contributed by atoms with Crippen molar-refractivity contribution in [2.45, 2.75) is 222 Å². The molecule has 4 saturated heterocycles. The molecule has 0 radical (unpaired) electrons. The minimum Gasteiger partial charge on any atom is -0.251 e. The highest BCUT2D eigenvalue weighted by atomic mass is 31.2. The summed E-state index contributed by atoms with van der Waals surface area (Å²) in [5.41, 5.74) is 24.0. The first-order valence-corrected chi connectivity index (χ1v) is 65.2. The molecular formula is C134H150N4P8. The van der Waals surface area contributed by atoms with Crippen molar-refractivity contribution in [1.82, 2.24) is 17.8 Å². The number of nitrogens with zero attached hydrogens (tertiary/aromatic N) is 4. The van der Waals surface area contributed by atoms with E-state index >= 15 is 0 Å². The summed E-state index contributed by atoms with van der Waals surface area (Å²) >= 11 is 0. The number of aryl methyl sites for hydroxylation is 5.